The van der Waals surface area contributed by atoms with Crippen molar-refractivity contribution in [1.82, 2.24) is 4.90 Å². The fourth-order valence-corrected chi connectivity index (χ4v) is 3.87. The van der Waals surface area contributed by atoms with Gasteiger partial charge in [-0.05, 0) is 55.5 Å². The lowest BCUT2D eigenvalue weighted by atomic mass is 9.86. The molecule has 118 valence electrons. The molecule has 0 aromatic heterocycles. The van der Waals surface area contributed by atoms with Crippen LogP contribution < -0.4 is 0 Å². The van der Waals surface area contributed by atoms with E-state index in [0.29, 0.717) is 6.04 Å². The van der Waals surface area contributed by atoms with E-state index >= 15 is 0 Å². The molecule has 1 unspecified atom stereocenters. The van der Waals surface area contributed by atoms with E-state index in [1.165, 1.54) is 61.9 Å². The second-order valence-corrected chi connectivity index (χ2v) is 6.86. The van der Waals surface area contributed by atoms with Crippen LogP contribution >= 0.6 is 0 Å². The van der Waals surface area contributed by atoms with E-state index in [1.807, 2.05) is 0 Å². The first kappa shape index (κ1) is 14.7. The molecular weight excluding hydrogens is 278 g/mol. The highest BCUT2D eigenvalue weighted by Gasteiger charge is 2.28. The van der Waals surface area contributed by atoms with Gasteiger partial charge in [0.05, 0.1) is 0 Å². The third-order valence-electron chi connectivity index (χ3n) is 5.32. The largest absolute Gasteiger partial charge is 0.297 e. The summed E-state index contributed by atoms with van der Waals surface area (Å²) in [4.78, 5) is 2.67. The van der Waals surface area contributed by atoms with Gasteiger partial charge in [0.2, 0.25) is 0 Å². The van der Waals surface area contributed by atoms with E-state index in [4.69, 9.17) is 0 Å². The van der Waals surface area contributed by atoms with Gasteiger partial charge in [-0.15, -0.1) is 0 Å². The van der Waals surface area contributed by atoms with Crippen molar-refractivity contribution < 1.29 is 0 Å². The minimum absolute atomic E-state index is 0.714. The lowest BCUT2D eigenvalue weighted by Crippen LogP contribution is -2.46. The fourth-order valence-electron chi connectivity index (χ4n) is 3.87. The van der Waals surface area contributed by atoms with E-state index < -0.39 is 0 Å². The number of benzene rings is 2. The fraction of sp³-hybridized carbons (Fsp3) is 0.364. The molecule has 0 amide bonds. The number of likely N-dealkylation sites (tertiary alicyclic amines) is 1. The zero-order valence-corrected chi connectivity index (χ0v) is 13.7. The zero-order valence-electron chi connectivity index (χ0n) is 13.7. The Balaban J connectivity index is 1.55. The van der Waals surface area contributed by atoms with E-state index in [-0.39, 0.29) is 0 Å². The summed E-state index contributed by atoms with van der Waals surface area (Å²) in [6, 6.07) is 20.4. The van der Waals surface area contributed by atoms with Crippen LogP contribution in [-0.2, 0) is 0 Å². The summed E-state index contributed by atoms with van der Waals surface area (Å²) in [7, 11) is 0. The standard InChI is InChI=1S/C22H25N/c1-2-7-19(8-3-1)20-13-11-18(12-14-20)17-21-9-4-5-10-22(21)23-15-6-16-23/h1-3,7-8,11-14,17,22H,4-6,9-10,15-16H2. The van der Waals surface area contributed by atoms with Gasteiger partial charge in [-0.2, -0.15) is 0 Å². The molecule has 1 saturated carbocycles. The molecule has 4 rings (SSSR count). The predicted octanol–water partition coefficient (Wildman–Crippen LogP) is 5.39. The van der Waals surface area contributed by atoms with Crippen molar-refractivity contribution in [2.75, 3.05) is 13.1 Å². The topological polar surface area (TPSA) is 3.24 Å². The van der Waals surface area contributed by atoms with Gasteiger partial charge in [0, 0.05) is 6.04 Å². The second-order valence-electron chi connectivity index (χ2n) is 6.86. The average molecular weight is 303 g/mol. The molecule has 0 N–H and O–H groups in total. The molecule has 23 heavy (non-hydrogen) atoms. The molecule has 1 saturated heterocycles. The van der Waals surface area contributed by atoms with Crippen molar-refractivity contribution in [3.8, 4) is 11.1 Å². The maximum Gasteiger partial charge on any atom is 0.0310 e. The molecule has 2 aromatic carbocycles. The summed E-state index contributed by atoms with van der Waals surface area (Å²) in [5.41, 5.74) is 5.61. The van der Waals surface area contributed by atoms with Crippen molar-refractivity contribution in [1.29, 1.82) is 0 Å². The monoisotopic (exact) mass is 303 g/mol. The minimum Gasteiger partial charge on any atom is -0.297 e. The lowest BCUT2D eigenvalue weighted by Gasteiger charge is -2.42. The maximum atomic E-state index is 2.67. The summed E-state index contributed by atoms with van der Waals surface area (Å²) >= 11 is 0. The summed E-state index contributed by atoms with van der Waals surface area (Å²) in [6.07, 6.45) is 9.23. The van der Waals surface area contributed by atoms with Gasteiger partial charge in [0.15, 0.2) is 0 Å². The highest BCUT2D eigenvalue weighted by atomic mass is 15.2. The molecule has 1 aliphatic heterocycles. The molecule has 0 bridgehead atoms. The Kier molecular flexibility index (Phi) is 4.30. The summed E-state index contributed by atoms with van der Waals surface area (Å²) in [5, 5.41) is 0. The van der Waals surface area contributed by atoms with Crippen molar-refractivity contribution in [2.24, 2.45) is 0 Å². The van der Waals surface area contributed by atoms with Gasteiger partial charge < -0.3 is 0 Å². The van der Waals surface area contributed by atoms with E-state index in [9.17, 15) is 0 Å². The molecule has 1 aliphatic carbocycles. The quantitative estimate of drug-likeness (QED) is 0.735. The first-order valence-corrected chi connectivity index (χ1v) is 9.00. The summed E-state index contributed by atoms with van der Waals surface area (Å²) < 4.78 is 0. The smallest absolute Gasteiger partial charge is 0.0310 e. The second kappa shape index (κ2) is 6.72. The highest BCUT2D eigenvalue weighted by Crippen LogP contribution is 2.32. The van der Waals surface area contributed by atoms with Crippen LogP contribution in [0.4, 0.5) is 0 Å². The normalized spacial score (nSPS) is 23.7. The van der Waals surface area contributed by atoms with Crippen molar-refractivity contribution in [3.05, 3.63) is 65.7 Å². The van der Waals surface area contributed by atoms with Crippen molar-refractivity contribution >= 4 is 6.08 Å². The number of rotatable bonds is 3. The van der Waals surface area contributed by atoms with Crippen LogP contribution in [0.1, 0.15) is 37.7 Å². The minimum atomic E-state index is 0.714. The van der Waals surface area contributed by atoms with Crippen LogP contribution in [0.3, 0.4) is 0 Å². The zero-order chi connectivity index (χ0) is 15.5. The molecule has 1 heteroatoms. The Labute approximate surface area is 139 Å². The van der Waals surface area contributed by atoms with Crippen LogP contribution in [0, 0.1) is 0 Å². The molecule has 2 aromatic rings. The van der Waals surface area contributed by atoms with E-state index in [1.54, 1.807) is 5.57 Å². The van der Waals surface area contributed by atoms with Gasteiger partial charge in [-0.25, -0.2) is 0 Å². The van der Waals surface area contributed by atoms with Gasteiger partial charge in [0.25, 0.3) is 0 Å². The molecule has 1 heterocycles. The maximum absolute atomic E-state index is 2.67. The van der Waals surface area contributed by atoms with Crippen LogP contribution in [0.2, 0.25) is 0 Å². The Bertz CT molecular complexity index is 665. The molecule has 2 aliphatic rings. The Morgan fingerprint density at radius 2 is 1.52 bits per heavy atom. The number of hydrogen-bond acceptors (Lipinski definition) is 1. The highest BCUT2D eigenvalue weighted by molar-refractivity contribution is 5.66. The molecule has 1 atom stereocenters. The van der Waals surface area contributed by atoms with Crippen molar-refractivity contribution in [3.63, 3.8) is 0 Å². The summed E-state index contributed by atoms with van der Waals surface area (Å²) in [5.74, 6) is 0. The Morgan fingerprint density at radius 3 is 2.22 bits per heavy atom. The average Bonchev–Trinajstić information content (AvgIpc) is 2.57. The predicted molar refractivity (Wildman–Crippen MR) is 98.3 cm³/mol. The van der Waals surface area contributed by atoms with Crippen LogP contribution in [-0.4, -0.2) is 24.0 Å². The van der Waals surface area contributed by atoms with E-state index in [2.05, 4.69) is 65.6 Å². The lowest BCUT2D eigenvalue weighted by molar-refractivity contribution is 0.121. The number of hydrogen-bond donors (Lipinski definition) is 0. The van der Waals surface area contributed by atoms with Gasteiger partial charge >= 0.3 is 0 Å². The Hall–Kier alpha value is -1.86. The van der Waals surface area contributed by atoms with Gasteiger partial charge in [0.1, 0.15) is 0 Å². The first-order chi connectivity index (χ1) is 11.4. The Morgan fingerprint density at radius 1 is 0.783 bits per heavy atom. The van der Waals surface area contributed by atoms with Crippen LogP contribution in [0.5, 0.6) is 0 Å². The van der Waals surface area contributed by atoms with Crippen LogP contribution in [0.25, 0.3) is 17.2 Å². The van der Waals surface area contributed by atoms with Crippen LogP contribution in [0.15, 0.2) is 60.2 Å². The third kappa shape index (κ3) is 3.25. The molecule has 2 fully saturated rings. The first-order valence-electron chi connectivity index (χ1n) is 9.00. The molecule has 0 radical (unpaired) electrons. The molecule has 1 nitrogen and oxygen atoms in total. The third-order valence-corrected chi connectivity index (χ3v) is 5.32. The van der Waals surface area contributed by atoms with Gasteiger partial charge in [-0.3, -0.25) is 4.90 Å². The SMILES string of the molecule is C(=C1CCCCC1N1CCC1)c1ccc(-c2ccccc2)cc1. The summed E-state index contributed by atoms with van der Waals surface area (Å²) in [6.45, 7) is 2.60. The molecule has 0 spiro atoms. The molecular formula is C22H25N. The number of nitrogens with zero attached hydrogens (tertiary/aromatic N) is 1. The van der Waals surface area contributed by atoms with Gasteiger partial charge in [-0.1, -0.05) is 72.7 Å². The van der Waals surface area contributed by atoms with E-state index in [0.717, 1.165) is 0 Å². The van der Waals surface area contributed by atoms with Crippen molar-refractivity contribution in [2.45, 2.75) is 38.1 Å².